The zero-order chi connectivity index (χ0) is 14.7. The molecule has 0 bridgehead atoms. The summed E-state index contributed by atoms with van der Waals surface area (Å²) in [6.45, 7) is 1.33. The Balaban J connectivity index is 1.62. The fourth-order valence-electron chi connectivity index (χ4n) is 2.09. The number of rotatable bonds is 3. The maximum Gasteiger partial charge on any atom is 0.347 e. The zero-order valence-electron chi connectivity index (χ0n) is 11.2. The molecule has 6 nitrogen and oxygen atoms in total. The molecule has 1 saturated heterocycles. The van der Waals surface area contributed by atoms with Crippen LogP contribution in [0.3, 0.4) is 0 Å². The van der Waals surface area contributed by atoms with Crippen molar-refractivity contribution in [3.8, 4) is 11.5 Å². The summed E-state index contributed by atoms with van der Waals surface area (Å²) >= 11 is 0. The second-order valence-electron chi connectivity index (χ2n) is 4.62. The predicted molar refractivity (Wildman–Crippen MR) is 71.9 cm³/mol. The molecule has 1 fully saturated rings. The van der Waals surface area contributed by atoms with Gasteiger partial charge in [0.25, 0.3) is 0 Å². The molecule has 2 aliphatic heterocycles. The largest absolute Gasteiger partial charge is 0.486 e. The van der Waals surface area contributed by atoms with Gasteiger partial charge >= 0.3 is 11.9 Å². The first-order chi connectivity index (χ1) is 10.2. The molecule has 2 heterocycles. The molecule has 0 saturated carbocycles. The average molecular weight is 290 g/mol. The molecule has 0 amide bonds. The van der Waals surface area contributed by atoms with Gasteiger partial charge in [-0.3, -0.25) is 0 Å². The molecular weight excluding hydrogens is 276 g/mol. The Hall–Kier alpha value is -2.50. The van der Waals surface area contributed by atoms with Crippen LogP contribution >= 0.6 is 0 Å². The highest BCUT2D eigenvalue weighted by Crippen LogP contribution is 2.31. The average Bonchev–Trinajstić information content (AvgIpc) is 2.90. The number of fused-ring (bicyclic) bond motifs is 1. The third-order valence-electron chi connectivity index (χ3n) is 3.12. The van der Waals surface area contributed by atoms with E-state index in [1.54, 1.807) is 24.3 Å². The van der Waals surface area contributed by atoms with E-state index in [0.717, 1.165) is 5.56 Å². The minimum absolute atomic E-state index is 0.294. The van der Waals surface area contributed by atoms with E-state index in [9.17, 15) is 9.59 Å². The fourth-order valence-corrected chi connectivity index (χ4v) is 2.09. The van der Waals surface area contributed by atoms with Gasteiger partial charge in [0.15, 0.2) is 11.5 Å². The molecule has 1 aromatic rings. The first-order valence-electron chi connectivity index (χ1n) is 6.67. The van der Waals surface area contributed by atoms with Crippen LogP contribution in [-0.2, 0) is 19.1 Å². The molecule has 0 aliphatic carbocycles. The summed E-state index contributed by atoms with van der Waals surface area (Å²) in [6.07, 6.45) is 2.49. The van der Waals surface area contributed by atoms with E-state index in [-0.39, 0.29) is 0 Å². The number of esters is 2. The normalized spacial score (nSPS) is 20.4. The third kappa shape index (κ3) is 3.16. The lowest BCUT2D eigenvalue weighted by Crippen LogP contribution is -2.21. The Morgan fingerprint density at radius 2 is 1.95 bits per heavy atom. The van der Waals surface area contributed by atoms with Gasteiger partial charge < -0.3 is 18.9 Å². The number of cyclic esters (lactones) is 1. The van der Waals surface area contributed by atoms with E-state index in [1.807, 2.05) is 0 Å². The Morgan fingerprint density at radius 3 is 2.71 bits per heavy atom. The summed E-state index contributed by atoms with van der Waals surface area (Å²) in [4.78, 5) is 22.8. The van der Waals surface area contributed by atoms with Gasteiger partial charge in [0, 0.05) is 12.5 Å². The molecule has 0 N–H and O–H groups in total. The topological polar surface area (TPSA) is 71.1 Å². The van der Waals surface area contributed by atoms with Gasteiger partial charge in [-0.1, -0.05) is 6.07 Å². The van der Waals surface area contributed by atoms with E-state index < -0.39 is 18.0 Å². The van der Waals surface area contributed by atoms with E-state index in [2.05, 4.69) is 0 Å². The molecule has 21 heavy (non-hydrogen) atoms. The van der Waals surface area contributed by atoms with Crippen LogP contribution in [0.1, 0.15) is 12.0 Å². The SMILES string of the molecule is O=C(/C=C/c1ccc2c(c1)OCCO2)O[C@H]1CCOC1=O. The van der Waals surface area contributed by atoms with Gasteiger partial charge in [0.05, 0.1) is 6.61 Å². The maximum atomic E-state index is 11.6. The van der Waals surface area contributed by atoms with Crippen molar-refractivity contribution in [2.75, 3.05) is 19.8 Å². The van der Waals surface area contributed by atoms with Gasteiger partial charge in [0.2, 0.25) is 6.10 Å². The lowest BCUT2D eigenvalue weighted by Gasteiger charge is -2.18. The molecule has 1 aromatic carbocycles. The lowest BCUT2D eigenvalue weighted by atomic mass is 10.2. The van der Waals surface area contributed by atoms with Crippen molar-refractivity contribution in [2.45, 2.75) is 12.5 Å². The van der Waals surface area contributed by atoms with Crippen molar-refractivity contribution < 1.29 is 28.5 Å². The van der Waals surface area contributed by atoms with Crippen LogP contribution in [0.15, 0.2) is 24.3 Å². The maximum absolute atomic E-state index is 11.6. The van der Waals surface area contributed by atoms with Crippen molar-refractivity contribution in [1.29, 1.82) is 0 Å². The molecule has 2 aliphatic rings. The summed E-state index contributed by atoms with van der Waals surface area (Å²) < 4.78 is 20.6. The molecule has 0 aromatic heterocycles. The molecule has 0 unspecified atom stereocenters. The molecule has 0 radical (unpaired) electrons. The van der Waals surface area contributed by atoms with Crippen molar-refractivity contribution >= 4 is 18.0 Å². The van der Waals surface area contributed by atoms with E-state index in [0.29, 0.717) is 37.7 Å². The van der Waals surface area contributed by atoms with Crippen LogP contribution in [0.2, 0.25) is 0 Å². The van der Waals surface area contributed by atoms with Crippen LogP contribution in [0.4, 0.5) is 0 Å². The quantitative estimate of drug-likeness (QED) is 0.618. The van der Waals surface area contributed by atoms with Crippen LogP contribution < -0.4 is 9.47 Å². The Bertz CT molecular complexity index is 592. The number of hydrogen-bond donors (Lipinski definition) is 0. The number of carbonyl (C=O) groups is 2. The third-order valence-corrected chi connectivity index (χ3v) is 3.12. The van der Waals surface area contributed by atoms with Crippen LogP contribution in [-0.4, -0.2) is 37.9 Å². The van der Waals surface area contributed by atoms with Gasteiger partial charge in [-0.15, -0.1) is 0 Å². The lowest BCUT2D eigenvalue weighted by molar-refractivity contribution is -0.156. The number of benzene rings is 1. The molecule has 6 heteroatoms. The second-order valence-corrected chi connectivity index (χ2v) is 4.62. The first-order valence-corrected chi connectivity index (χ1v) is 6.67. The van der Waals surface area contributed by atoms with Crippen molar-refractivity contribution in [3.63, 3.8) is 0 Å². The van der Waals surface area contributed by atoms with Crippen LogP contribution in [0.5, 0.6) is 11.5 Å². The van der Waals surface area contributed by atoms with Crippen molar-refractivity contribution in [3.05, 3.63) is 29.8 Å². The summed E-state index contributed by atoms with van der Waals surface area (Å²) in [5.74, 6) is 0.274. The van der Waals surface area contributed by atoms with Gasteiger partial charge in [-0.05, 0) is 23.8 Å². The molecule has 110 valence electrons. The summed E-state index contributed by atoms with van der Waals surface area (Å²) in [7, 11) is 0. The molecule has 1 atom stereocenters. The fraction of sp³-hybridized carbons (Fsp3) is 0.333. The van der Waals surface area contributed by atoms with E-state index in [1.165, 1.54) is 6.08 Å². The van der Waals surface area contributed by atoms with Gasteiger partial charge in [-0.25, -0.2) is 9.59 Å². The minimum atomic E-state index is -0.789. The highest BCUT2D eigenvalue weighted by Gasteiger charge is 2.29. The van der Waals surface area contributed by atoms with Crippen molar-refractivity contribution in [1.82, 2.24) is 0 Å². The second kappa shape index (κ2) is 5.87. The zero-order valence-corrected chi connectivity index (χ0v) is 11.2. The first kappa shape index (κ1) is 13.5. The van der Waals surface area contributed by atoms with E-state index >= 15 is 0 Å². The summed E-state index contributed by atoms with van der Waals surface area (Å²) in [5.41, 5.74) is 0.783. The van der Waals surface area contributed by atoms with Gasteiger partial charge in [0.1, 0.15) is 13.2 Å². The Labute approximate surface area is 121 Å². The van der Waals surface area contributed by atoms with Crippen molar-refractivity contribution in [2.24, 2.45) is 0 Å². The number of ether oxygens (including phenoxy) is 4. The standard InChI is InChI=1S/C15H14O6/c16-14(21-12-5-6-20-15(12)17)4-2-10-1-3-11-13(9-10)19-8-7-18-11/h1-4,9,12H,5-8H2/b4-2+/t12-/m0/s1. The van der Waals surface area contributed by atoms with Gasteiger partial charge in [-0.2, -0.15) is 0 Å². The molecule has 0 spiro atoms. The highest BCUT2D eigenvalue weighted by molar-refractivity contribution is 5.89. The molecular formula is C15H14O6. The minimum Gasteiger partial charge on any atom is -0.486 e. The van der Waals surface area contributed by atoms with E-state index in [4.69, 9.17) is 18.9 Å². The smallest absolute Gasteiger partial charge is 0.347 e. The summed E-state index contributed by atoms with van der Waals surface area (Å²) in [6, 6.07) is 5.37. The monoisotopic (exact) mass is 290 g/mol. The predicted octanol–water partition coefficient (Wildman–Crippen LogP) is 1.33. The Kier molecular flexibility index (Phi) is 3.77. The highest BCUT2D eigenvalue weighted by atomic mass is 16.6. The summed E-state index contributed by atoms with van der Waals surface area (Å²) in [5, 5.41) is 0. The number of hydrogen-bond acceptors (Lipinski definition) is 6. The Morgan fingerprint density at radius 1 is 1.14 bits per heavy atom. The number of carbonyl (C=O) groups excluding carboxylic acids is 2. The van der Waals surface area contributed by atoms with Crippen LogP contribution in [0.25, 0.3) is 6.08 Å². The van der Waals surface area contributed by atoms with Crippen LogP contribution in [0, 0.1) is 0 Å². The molecule has 3 rings (SSSR count).